The highest BCUT2D eigenvalue weighted by molar-refractivity contribution is 5.89. The highest BCUT2D eigenvalue weighted by Gasteiger charge is 2.40. The Balaban J connectivity index is 0.000000159. The second-order valence-corrected chi connectivity index (χ2v) is 9.45. The van der Waals surface area contributed by atoms with Crippen molar-refractivity contribution in [2.75, 3.05) is 27.2 Å². The average Bonchev–Trinajstić information content (AvgIpc) is 3.59. The van der Waals surface area contributed by atoms with Crippen LogP contribution in [0.5, 0.6) is 28.7 Å². The molecule has 206 valence electrons. The largest absolute Gasteiger partial charge is 0.497 e. The molecule has 0 aromatic heterocycles. The van der Waals surface area contributed by atoms with E-state index in [0.29, 0.717) is 18.2 Å². The summed E-state index contributed by atoms with van der Waals surface area (Å²) in [5.74, 6) is 2.18. The zero-order chi connectivity index (χ0) is 28.3. The van der Waals surface area contributed by atoms with Crippen molar-refractivity contribution >= 4 is 17.1 Å². The molecule has 7 rings (SSSR count). The number of hydrogen-bond acceptors (Lipinski definition) is 12. The minimum atomic E-state index is -1.21. The van der Waals surface area contributed by atoms with Crippen molar-refractivity contribution < 1.29 is 38.8 Å². The lowest BCUT2D eigenvalue weighted by Gasteiger charge is -2.40. The number of benzene rings is 3. The van der Waals surface area contributed by atoms with Gasteiger partial charge in [0.15, 0.2) is 23.0 Å². The zero-order valence-electron chi connectivity index (χ0n) is 20.8. The van der Waals surface area contributed by atoms with Crippen molar-refractivity contribution in [1.29, 1.82) is 0 Å². The Labute approximate surface area is 224 Å². The number of non-ortho nitro benzene ring substituents is 1. The maximum Gasteiger partial charge on any atom is 0.324 e. The fourth-order valence-corrected chi connectivity index (χ4v) is 5.52. The predicted molar refractivity (Wildman–Crippen MR) is 135 cm³/mol. The van der Waals surface area contributed by atoms with Crippen molar-refractivity contribution in [3.63, 3.8) is 0 Å². The Hall–Kier alpha value is -5.18. The Bertz CT molecular complexity index is 1590. The molecule has 3 aromatic carbocycles. The van der Waals surface area contributed by atoms with Crippen LogP contribution in [0.1, 0.15) is 22.7 Å². The van der Waals surface area contributed by atoms with Gasteiger partial charge in [-0.25, -0.2) is 0 Å². The molecular weight excluding hydrogens is 532 g/mol. The molecule has 1 atom stereocenters. The Morgan fingerprint density at radius 2 is 1.45 bits per heavy atom. The first-order valence-electron chi connectivity index (χ1n) is 12.0. The molecule has 15 nitrogen and oxygen atoms in total. The van der Waals surface area contributed by atoms with E-state index in [2.05, 4.69) is 24.1 Å². The number of hydrogen-bond donors (Lipinski definition) is 1. The lowest BCUT2D eigenvalue weighted by Crippen LogP contribution is -2.35. The number of phenolic OH excluding ortho intramolecular Hbond substituents is 1. The summed E-state index contributed by atoms with van der Waals surface area (Å²) in [5, 5.41) is 40.2. The second kappa shape index (κ2) is 9.23. The van der Waals surface area contributed by atoms with Crippen LogP contribution in [-0.4, -0.2) is 52.0 Å². The van der Waals surface area contributed by atoms with Gasteiger partial charge in [0, 0.05) is 23.7 Å². The number of ether oxygens (including phenoxy) is 4. The molecule has 1 aliphatic carbocycles. The maximum atomic E-state index is 10.4. The van der Waals surface area contributed by atoms with Crippen LogP contribution in [-0.2, 0) is 12.8 Å². The minimum Gasteiger partial charge on any atom is -0.497 e. The maximum absolute atomic E-state index is 10.4. The molecule has 15 heteroatoms. The van der Waals surface area contributed by atoms with E-state index >= 15 is 0 Å². The summed E-state index contributed by atoms with van der Waals surface area (Å²) in [5.41, 5.74) is 3.33. The van der Waals surface area contributed by atoms with E-state index in [0.717, 1.165) is 53.5 Å². The third kappa shape index (κ3) is 3.86. The number of phenols is 1. The fourth-order valence-electron chi connectivity index (χ4n) is 5.52. The first kappa shape index (κ1) is 25.1. The summed E-state index contributed by atoms with van der Waals surface area (Å²) in [4.78, 5) is 30.2. The van der Waals surface area contributed by atoms with Gasteiger partial charge in [0.25, 0.3) is 11.4 Å². The number of fused-ring (bicyclic) bond motifs is 6. The van der Waals surface area contributed by atoms with E-state index in [1.54, 1.807) is 0 Å². The lowest BCUT2D eigenvalue weighted by molar-refractivity contribution is -0.404. The number of nitro groups is 3. The summed E-state index contributed by atoms with van der Waals surface area (Å²) in [6.45, 7) is 1.63. The van der Waals surface area contributed by atoms with Gasteiger partial charge in [-0.2, -0.15) is 0 Å². The number of aromatic hydroxyl groups is 1. The van der Waals surface area contributed by atoms with E-state index in [4.69, 9.17) is 24.1 Å². The third-order valence-corrected chi connectivity index (χ3v) is 7.34. The topological polar surface area (TPSA) is 190 Å². The van der Waals surface area contributed by atoms with Gasteiger partial charge in [-0.15, -0.1) is 0 Å². The van der Waals surface area contributed by atoms with Crippen LogP contribution >= 0.6 is 0 Å². The Kier molecular flexibility index (Phi) is 5.80. The molecule has 0 radical (unpaired) electrons. The molecule has 0 saturated carbocycles. The van der Waals surface area contributed by atoms with Gasteiger partial charge in [-0.1, -0.05) is 6.07 Å². The molecule has 3 aliphatic heterocycles. The van der Waals surface area contributed by atoms with Gasteiger partial charge in [-0.3, -0.25) is 35.2 Å². The van der Waals surface area contributed by atoms with Crippen LogP contribution in [0.15, 0.2) is 30.3 Å². The molecule has 1 N–H and O–H groups in total. The highest BCUT2D eigenvalue weighted by atomic mass is 16.7. The van der Waals surface area contributed by atoms with Crippen molar-refractivity contribution in [1.82, 2.24) is 4.90 Å². The smallest absolute Gasteiger partial charge is 0.324 e. The number of likely N-dealkylation sites (N-methyl/N-ethyl adjacent to an activating group) is 1. The van der Waals surface area contributed by atoms with Gasteiger partial charge >= 0.3 is 11.4 Å². The molecule has 0 unspecified atom stereocenters. The molecule has 3 heterocycles. The van der Waals surface area contributed by atoms with Gasteiger partial charge < -0.3 is 24.1 Å². The number of rotatable bonds is 3. The highest BCUT2D eigenvalue weighted by Crippen LogP contribution is 2.58. The van der Waals surface area contributed by atoms with E-state index in [-0.39, 0.29) is 13.6 Å². The van der Waals surface area contributed by atoms with E-state index in [9.17, 15) is 30.3 Å². The van der Waals surface area contributed by atoms with Crippen LogP contribution < -0.4 is 18.9 Å². The zero-order valence-corrected chi connectivity index (χ0v) is 20.8. The van der Waals surface area contributed by atoms with E-state index in [1.165, 1.54) is 16.7 Å². The molecule has 4 aliphatic rings. The minimum absolute atomic E-state index is 0.281. The van der Waals surface area contributed by atoms with Gasteiger partial charge in [0.2, 0.25) is 13.6 Å². The molecule has 40 heavy (non-hydrogen) atoms. The summed E-state index contributed by atoms with van der Waals surface area (Å²) in [6, 6.07) is 7.64. The van der Waals surface area contributed by atoms with Crippen LogP contribution in [0, 0.1) is 30.3 Å². The van der Waals surface area contributed by atoms with Crippen molar-refractivity contribution in [3.8, 4) is 39.9 Å². The summed E-state index contributed by atoms with van der Waals surface area (Å²) in [7, 11) is 2.21. The molecular formula is C25H20N4O11. The van der Waals surface area contributed by atoms with E-state index in [1.807, 2.05) is 6.07 Å². The molecule has 0 spiro atoms. The molecule has 3 aromatic rings. The second-order valence-electron chi connectivity index (χ2n) is 9.45. The standard InChI is InChI=1S/C19H17NO4.C6H3N3O7/c1-20-5-4-11-7-14-19(24-9-22-14)17-15(11)12(20)6-10-2-3-13-18(16(10)17)23-8-21-13;10-6-4(8(13)14)1-3(7(11)12)2-5(6)9(15)16/h2-3,7,12H,4-6,8-9H2,1H3;1-2,10H/t12-;/m0./s1. The summed E-state index contributed by atoms with van der Waals surface area (Å²) in [6.07, 6.45) is 2.02. The van der Waals surface area contributed by atoms with Gasteiger partial charge in [-0.05, 0) is 48.7 Å². The van der Waals surface area contributed by atoms with Crippen LogP contribution in [0.2, 0.25) is 0 Å². The lowest BCUT2D eigenvalue weighted by atomic mass is 9.76. The quantitative estimate of drug-likeness (QED) is 0.363. The molecule has 0 saturated heterocycles. The number of nitro benzene ring substituents is 3. The predicted octanol–water partition coefficient (Wildman–Crippen LogP) is 4.01. The van der Waals surface area contributed by atoms with Crippen molar-refractivity contribution in [2.45, 2.75) is 18.9 Å². The normalized spacial score (nSPS) is 17.3. The van der Waals surface area contributed by atoms with E-state index < -0.39 is 37.6 Å². The Morgan fingerprint density at radius 1 is 0.825 bits per heavy atom. The summed E-state index contributed by atoms with van der Waals surface area (Å²) >= 11 is 0. The molecule has 0 amide bonds. The third-order valence-electron chi connectivity index (χ3n) is 7.34. The van der Waals surface area contributed by atoms with Crippen LogP contribution in [0.25, 0.3) is 11.1 Å². The monoisotopic (exact) mass is 552 g/mol. The van der Waals surface area contributed by atoms with Crippen LogP contribution in [0.3, 0.4) is 0 Å². The average molecular weight is 552 g/mol. The molecule has 0 bridgehead atoms. The fraction of sp³-hybridized carbons (Fsp3) is 0.280. The first-order valence-corrected chi connectivity index (χ1v) is 12.0. The summed E-state index contributed by atoms with van der Waals surface area (Å²) < 4.78 is 23.1. The first-order chi connectivity index (χ1) is 19.2. The molecule has 0 fully saturated rings. The van der Waals surface area contributed by atoms with Gasteiger partial charge in [0.1, 0.15) is 0 Å². The SMILES string of the molecule is CN1CCc2cc3c(c4c2[C@@H]1Cc1ccc2c(c1-4)OCO2)OCO3.O=[N+]([O-])c1cc([N+](=O)[O-])c(O)c([N+](=O)[O-])c1. The Morgan fingerprint density at radius 3 is 2.08 bits per heavy atom. The van der Waals surface area contributed by atoms with Gasteiger partial charge in [0.05, 0.1) is 26.9 Å². The van der Waals surface area contributed by atoms with Crippen molar-refractivity contribution in [2.24, 2.45) is 0 Å². The van der Waals surface area contributed by atoms with Crippen LogP contribution in [0.4, 0.5) is 17.1 Å². The van der Waals surface area contributed by atoms with Crippen molar-refractivity contribution in [3.05, 3.63) is 77.4 Å². The number of nitrogens with zero attached hydrogens (tertiary/aromatic N) is 4.